The predicted octanol–water partition coefficient (Wildman–Crippen LogP) is 4.39. The molecule has 22 heavy (non-hydrogen) atoms. The van der Waals surface area contributed by atoms with Gasteiger partial charge in [0.1, 0.15) is 5.69 Å². The molecular weight excluding hydrogens is 344 g/mol. The van der Waals surface area contributed by atoms with Crippen molar-refractivity contribution in [1.29, 1.82) is 0 Å². The summed E-state index contributed by atoms with van der Waals surface area (Å²) in [6.07, 6.45) is 0.183. The number of aromatic nitrogens is 1. The molecule has 0 spiro atoms. The number of nitrogens with zero attached hydrogens (tertiary/aromatic N) is 1. The number of anilines is 1. The van der Waals surface area contributed by atoms with E-state index in [0.717, 1.165) is 26.7 Å². The monoisotopic (exact) mass is 358 g/mol. The second-order valence-corrected chi connectivity index (χ2v) is 6.21. The van der Waals surface area contributed by atoms with Crippen LogP contribution >= 0.6 is 15.9 Å². The number of benzene rings is 2. The smallest absolute Gasteiger partial charge is 0.230 e. The number of rotatable bonds is 3. The topological polar surface area (TPSA) is 55.1 Å². The average Bonchev–Trinajstić information content (AvgIpc) is 2.81. The van der Waals surface area contributed by atoms with Gasteiger partial charge in [0.25, 0.3) is 0 Å². The van der Waals surface area contributed by atoms with Crippen molar-refractivity contribution in [2.24, 2.45) is 0 Å². The van der Waals surface area contributed by atoms with Crippen LogP contribution in [0.5, 0.6) is 0 Å². The first kappa shape index (κ1) is 14.8. The van der Waals surface area contributed by atoms with E-state index in [-0.39, 0.29) is 12.3 Å². The molecule has 0 saturated heterocycles. The Hall–Kier alpha value is -2.14. The van der Waals surface area contributed by atoms with Crippen LogP contribution in [0, 0.1) is 13.8 Å². The van der Waals surface area contributed by atoms with Crippen LogP contribution in [-0.2, 0) is 11.2 Å². The van der Waals surface area contributed by atoms with Gasteiger partial charge in [-0.05, 0) is 55.3 Å². The number of hydrogen-bond donors (Lipinski definition) is 1. The first-order chi connectivity index (χ1) is 10.5. The van der Waals surface area contributed by atoms with Crippen molar-refractivity contribution in [1.82, 2.24) is 5.16 Å². The quantitative estimate of drug-likeness (QED) is 0.755. The molecule has 112 valence electrons. The van der Waals surface area contributed by atoms with Crippen LogP contribution in [0.25, 0.3) is 11.0 Å². The summed E-state index contributed by atoms with van der Waals surface area (Å²) in [5.41, 5.74) is 4.43. The number of nitrogens with one attached hydrogen (secondary N) is 1. The molecule has 4 nitrogen and oxygen atoms in total. The zero-order valence-corrected chi connectivity index (χ0v) is 13.9. The SMILES string of the molecule is Cc1cc2onc(CC(=O)Nc3cccc(Br)c3)c2cc1C. The fourth-order valence-corrected chi connectivity index (χ4v) is 2.69. The normalized spacial score (nSPS) is 10.9. The van der Waals surface area contributed by atoms with Crippen LogP contribution in [0.15, 0.2) is 45.4 Å². The second-order valence-electron chi connectivity index (χ2n) is 5.30. The molecule has 1 N–H and O–H groups in total. The van der Waals surface area contributed by atoms with Crippen molar-refractivity contribution in [3.8, 4) is 0 Å². The molecule has 1 heterocycles. The number of aryl methyl sites for hydroxylation is 2. The first-order valence-electron chi connectivity index (χ1n) is 6.94. The Labute approximate surface area is 136 Å². The van der Waals surface area contributed by atoms with Gasteiger partial charge in [0.15, 0.2) is 5.58 Å². The summed E-state index contributed by atoms with van der Waals surface area (Å²) in [6, 6.07) is 11.4. The summed E-state index contributed by atoms with van der Waals surface area (Å²) in [5.74, 6) is -0.119. The van der Waals surface area contributed by atoms with Crippen molar-refractivity contribution < 1.29 is 9.32 Å². The Morgan fingerprint density at radius 2 is 2.00 bits per heavy atom. The van der Waals surface area contributed by atoms with Crippen molar-refractivity contribution >= 4 is 38.5 Å². The predicted molar refractivity (Wildman–Crippen MR) is 90.0 cm³/mol. The van der Waals surface area contributed by atoms with Crippen LogP contribution in [0.2, 0.25) is 0 Å². The fraction of sp³-hybridized carbons (Fsp3) is 0.176. The standard InChI is InChI=1S/C17H15BrN2O2/c1-10-6-14-15(20-22-16(14)7-11(10)2)9-17(21)19-13-5-3-4-12(18)8-13/h3-8H,9H2,1-2H3,(H,19,21). The van der Waals surface area contributed by atoms with Crippen molar-refractivity contribution in [3.63, 3.8) is 0 Å². The molecule has 0 fully saturated rings. The molecule has 0 aliphatic carbocycles. The van der Waals surface area contributed by atoms with E-state index >= 15 is 0 Å². The van der Waals surface area contributed by atoms with E-state index in [9.17, 15) is 4.79 Å². The molecule has 1 aromatic heterocycles. The van der Waals surface area contributed by atoms with E-state index in [0.29, 0.717) is 11.3 Å². The summed E-state index contributed by atoms with van der Waals surface area (Å²) < 4.78 is 6.24. The lowest BCUT2D eigenvalue weighted by atomic mass is 10.1. The van der Waals surface area contributed by atoms with Crippen LogP contribution in [0.1, 0.15) is 16.8 Å². The third-order valence-corrected chi connectivity index (χ3v) is 4.09. The number of fused-ring (bicyclic) bond motifs is 1. The zero-order chi connectivity index (χ0) is 15.7. The lowest BCUT2D eigenvalue weighted by Gasteiger charge is -2.04. The molecule has 0 bridgehead atoms. The highest BCUT2D eigenvalue weighted by Gasteiger charge is 2.13. The minimum atomic E-state index is -0.119. The van der Waals surface area contributed by atoms with Crippen molar-refractivity contribution in [2.75, 3.05) is 5.32 Å². The third-order valence-electron chi connectivity index (χ3n) is 3.60. The Bertz CT molecular complexity index is 855. The lowest BCUT2D eigenvalue weighted by Crippen LogP contribution is -2.14. The van der Waals surface area contributed by atoms with E-state index in [1.807, 2.05) is 50.2 Å². The van der Waals surface area contributed by atoms with E-state index in [2.05, 4.69) is 26.4 Å². The van der Waals surface area contributed by atoms with Gasteiger partial charge in [0, 0.05) is 15.5 Å². The van der Waals surface area contributed by atoms with Crippen molar-refractivity contribution in [2.45, 2.75) is 20.3 Å². The van der Waals surface area contributed by atoms with Gasteiger partial charge in [-0.25, -0.2) is 0 Å². The molecular formula is C17H15BrN2O2. The molecule has 0 unspecified atom stereocenters. The molecule has 5 heteroatoms. The molecule has 0 atom stereocenters. The number of carbonyl (C=O) groups excluding carboxylic acids is 1. The Kier molecular flexibility index (Phi) is 3.98. The van der Waals surface area contributed by atoms with Gasteiger partial charge in [-0.2, -0.15) is 0 Å². The van der Waals surface area contributed by atoms with Crippen LogP contribution in [0.4, 0.5) is 5.69 Å². The van der Waals surface area contributed by atoms with Crippen LogP contribution in [-0.4, -0.2) is 11.1 Å². The highest BCUT2D eigenvalue weighted by Crippen LogP contribution is 2.23. The van der Waals surface area contributed by atoms with Gasteiger partial charge in [0.2, 0.25) is 5.91 Å². The molecule has 0 saturated carbocycles. The molecule has 3 aromatic rings. The summed E-state index contributed by atoms with van der Waals surface area (Å²) in [6.45, 7) is 4.06. The Balaban J connectivity index is 1.81. The summed E-state index contributed by atoms with van der Waals surface area (Å²) >= 11 is 3.38. The van der Waals surface area contributed by atoms with E-state index in [1.165, 1.54) is 0 Å². The van der Waals surface area contributed by atoms with Gasteiger partial charge in [0.05, 0.1) is 6.42 Å². The molecule has 2 aromatic carbocycles. The number of hydrogen-bond acceptors (Lipinski definition) is 3. The summed E-state index contributed by atoms with van der Waals surface area (Å²) in [7, 11) is 0. The first-order valence-corrected chi connectivity index (χ1v) is 7.73. The molecule has 0 aliphatic rings. The van der Waals surface area contributed by atoms with Crippen LogP contribution < -0.4 is 5.32 Å². The maximum absolute atomic E-state index is 12.2. The Morgan fingerprint density at radius 1 is 1.23 bits per heavy atom. The molecule has 0 radical (unpaired) electrons. The average molecular weight is 359 g/mol. The highest BCUT2D eigenvalue weighted by atomic mass is 79.9. The van der Waals surface area contributed by atoms with Crippen molar-refractivity contribution in [3.05, 3.63) is 57.7 Å². The van der Waals surface area contributed by atoms with E-state index < -0.39 is 0 Å². The van der Waals surface area contributed by atoms with Crippen LogP contribution in [0.3, 0.4) is 0 Å². The number of halogens is 1. The van der Waals surface area contributed by atoms with E-state index in [1.54, 1.807) is 0 Å². The lowest BCUT2D eigenvalue weighted by molar-refractivity contribution is -0.115. The largest absolute Gasteiger partial charge is 0.356 e. The summed E-state index contributed by atoms with van der Waals surface area (Å²) in [5, 5.41) is 7.79. The van der Waals surface area contributed by atoms with Gasteiger partial charge in [-0.3, -0.25) is 4.79 Å². The van der Waals surface area contributed by atoms with Gasteiger partial charge < -0.3 is 9.84 Å². The molecule has 1 amide bonds. The van der Waals surface area contributed by atoms with Gasteiger partial charge in [-0.15, -0.1) is 0 Å². The maximum atomic E-state index is 12.2. The molecule has 0 aliphatic heterocycles. The Morgan fingerprint density at radius 3 is 2.77 bits per heavy atom. The minimum Gasteiger partial charge on any atom is -0.356 e. The minimum absolute atomic E-state index is 0.119. The number of carbonyl (C=O) groups is 1. The highest BCUT2D eigenvalue weighted by molar-refractivity contribution is 9.10. The zero-order valence-electron chi connectivity index (χ0n) is 12.3. The van der Waals surface area contributed by atoms with Gasteiger partial charge in [-0.1, -0.05) is 27.2 Å². The van der Waals surface area contributed by atoms with E-state index in [4.69, 9.17) is 4.52 Å². The second kappa shape index (κ2) is 5.93. The maximum Gasteiger partial charge on any atom is 0.230 e. The third kappa shape index (κ3) is 3.04. The number of amides is 1. The van der Waals surface area contributed by atoms with Gasteiger partial charge >= 0.3 is 0 Å². The fourth-order valence-electron chi connectivity index (χ4n) is 2.30. The molecule has 3 rings (SSSR count). The summed E-state index contributed by atoms with van der Waals surface area (Å²) in [4.78, 5) is 12.2.